The number of alkyl carbamates (subject to hydrolysis) is 1. The predicted molar refractivity (Wildman–Crippen MR) is 153 cm³/mol. The Hall–Kier alpha value is -4.44. The number of rotatable bonds is 8. The molecule has 1 aliphatic heterocycles. The van der Waals surface area contributed by atoms with Crippen LogP contribution in [0.15, 0.2) is 18.2 Å². The first-order valence-electron chi connectivity index (χ1n) is 14.0. The standard InChI is InChI=1S/C29H36N6O7/c1-5-33-10-11-34(17(2)16-33)21-13-22-20(12-18(21)15-30)32-26(35(22)23(27(39)40)14-24(36)37)25(38)29(3)8-6-19(7-9-29)31-28(41)42-4/h12-14,17,19H,5-11,16H2,1-4H3,(H,31,41)(H,36,37)(H,39,40)/b23-14-/t17-,19?,29?/m0/s1. The molecule has 1 atom stereocenters. The van der Waals surface area contributed by atoms with E-state index in [2.05, 4.69) is 37.8 Å². The highest BCUT2D eigenvalue weighted by atomic mass is 16.5. The number of nitrogens with zero attached hydrogens (tertiary/aromatic N) is 5. The summed E-state index contributed by atoms with van der Waals surface area (Å²) >= 11 is 0. The number of hydrogen-bond acceptors (Lipinski definition) is 9. The third-order valence-corrected chi connectivity index (χ3v) is 8.43. The van der Waals surface area contributed by atoms with Crippen LogP contribution in [0.1, 0.15) is 62.6 Å². The minimum atomic E-state index is -1.54. The van der Waals surface area contributed by atoms with Crippen molar-refractivity contribution < 1.29 is 34.1 Å². The van der Waals surface area contributed by atoms with E-state index < -0.39 is 34.9 Å². The van der Waals surface area contributed by atoms with Gasteiger partial charge in [0.15, 0.2) is 5.82 Å². The fraction of sp³-hybridized carbons (Fsp3) is 0.517. The number of methoxy groups -OCH3 is 1. The van der Waals surface area contributed by atoms with E-state index in [1.54, 1.807) is 13.0 Å². The summed E-state index contributed by atoms with van der Waals surface area (Å²) in [7, 11) is 1.27. The molecule has 224 valence electrons. The van der Waals surface area contributed by atoms with Gasteiger partial charge in [-0.25, -0.2) is 19.4 Å². The summed E-state index contributed by atoms with van der Waals surface area (Å²) < 4.78 is 5.77. The molecular weight excluding hydrogens is 544 g/mol. The lowest BCUT2D eigenvalue weighted by molar-refractivity contribution is -0.133. The highest BCUT2D eigenvalue weighted by Crippen LogP contribution is 2.40. The van der Waals surface area contributed by atoms with E-state index in [0.29, 0.717) is 49.6 Å². The molecule has 2 aromatic rings. The number of aromatic nitrogens is 2. The van der Waals surface area contributed by atoms with Crippen molar-refractivity contribution in [2.75, 3.05) is 38.2 Å². The number of likely N-dealkylation sites (N-methyl/N-ethyl adjacent to an activating group) is 1. The number of nitrogens with one attached hydrogen (secondary N) is 1. The van der Waals surface area contributed by atoms with Crippen LogP contribution in [-0.2, 0) is 14.3 Å². The molecule has 13 heteroatoms. The Morgan fingerprint density at radius 2 is 1.90 bits per heavy atom. The number of benzene rings is 1. The number of piperazine rings is 1. The molecule has 0 bridgehead atoms. The first-order valence-corrected chi connectivity index (χ1v) is 14.0. The third kappa shape index (κ3) is 5.94. The van der Waals surface area contributed by atoms with Gasteiger partial charge in [0.05, 0.1) is 35.5 Å². The number of nitriles is 1. The van der Waals surface area contributed by atoms with Crippen LogP contribution in [-0.4, -0.2) is 93.9 Å². The minimum absolute atomic E-state index is 0.0434. The summed E-state index contributed by atoms with van der Waals surface area (Å²) in [5, 5.41) is 32.4. The first kappa shape index (κ1) is 30.5. The van der Waals surface area contributed by atoms with Gasteiger partial charge < -0.3 is 25.2 Å². The molecule has 1 aliphatic carbocycles. The van der Waals surface area contributed by atoms with Crippen LogP contribution >= 0.6 is 0 Å². The van der Waals surface area contributed by atoms with E-state index in [0.717, 1.165) is 24.2 Å². The van der Waals surface area contributed by atoms with Crippen LogP contribution < -0.4 is 10.2 Å². The molecule has 0 spiro atoms. The molecular formula is C29H36N6O7. The third-order valence-electron chi connectivity index (χ3n) is 8.43. The largest absolute Gasteiger partial charge is 0.478 e. The van der Waals surface area contributed by atoms with E-state index in [1.807, 2.05) is 6.92 Å². The van der Waals surface area contributed by atoms with E-state index in [-0.39, 0.29) is 28.9 Å². The highest BCUT2D eigenvalue weighted by molar-refractivity contribution is 6.17. The van der Waals surface area contributed by atoms with Crippen LogP contribution in [0.4, 0.5) is 10.5 Å². The average Bonchev–Trinajstić information content (AvgIpc) is 3.33. The van der Waals surface area contributed by atoms with Gasteiger partial charge in [-0.2, -0.15) is 5.26 Å². The van der Waals surface area contributed by atoms with Crippen molar-refractivity contribution >= 4 is 46.2 Å². The number of anilines is 1. The van der Waals surface area contributed by atoms with Crippen LogP contribution in [0.2, 0.25) is 0 Å². The van der Waals surface area contributed by atoms with Gasteiger partial charge in [-0.1, -0.05) is 13.8 Å². The molecule has 1 aromatic heterocycles. The number of aliphatic carboxylic acids is 2. The van der Waals surface area contributed by atoms with Crippen LogP contribution in [0.25, 0.3) is 16.7 Å². The Balaban J connectivity index is 1.84. The number of amides is 1. The Kier molecular flexibility index (Phi) is 8.86. The second-order valence-electron chi connectivity index (χ2n) is 11.1. The lowest BCUT2D eigenvalue weighted by Crippen LogP contribution is -2.52. The molecule has 1 saturated carbocycles. The van der Waals surface area contributed by atoms with Crippen molar-refractivity contribution in [2.24, 2.45) is 5.41 Å². The summed E-state index contributed by atoms with van der Waals surface area (Å²) in [5.74, 6) is -3.70. The van der Waals surface area contributed by atoms with Gasteiger partial charge in [0.25, 0.3) is 0 Å². The molecule has 42 heavy (non-hydrogen) atoms. The molecule has 0 radical (unpaired) electrons. The van der Waals surface area contributed by atoms with Crippen molar-refractivity contribution in [1.29, 1.82) is 5.26 Å². The quantitative estimate of drug-likeness (QED) is 0.309. The number of ketones is 1. The molecule has 13 nitrogen and oxygen atoms in total. The molecule has 1 saturated heterocycles. The van der Waals surface area contributed by atoms with E-state index in [1.165, 1.54) is 13.2 Å². The molecule has 2 heterocycles. The highest BCUT2D eigenvalue weighted by Gasteiger charge is 2.41. The molecule has 2 aliphatic rings. The second kappa shape index (κ2) is 12.2. The normalized spacial score (nSPS) is 23.3. The summed E-state index contributed by atoms with van der Waals surface area (Å²) in [5.41, 5.74) is -0.279. The monoisotopic (exact) mass is 580 g/mol. The van der Waals surface area contributed by atoms with Crippen molar-refractivity contribution in [3.63, 3.8) is 0 Å². The van der Waals surface area contributed by atoms with Crippen LogP contribution in [0.3, 0.4) is 0 Å². The summed E-state index contributed by atoms with van der Waals surface area (Å²) in [6.07, 6.45) is 1.71. The van der Waals surface area contributed by atoms with Gasteiger partial charge >= 0.3 is 18.0 Å². The van der Waals surface area contributed by atoms with Crippen molar-refractivity contribution in [3.05, 3.63) is 29.6 Å². The molecule has 1 amide bonds. The lowest BCUT2D eigenvalue weighted by Gasteiger charge is -2.41. The summed E-state index contributed by atoms with van der Waals surface area (Å²) in [6, 6.07) is 5.22. The minimum Gasteiger partial charge on any atom is -0.478 e. The predicted octanol–water partition coefficient (Wildman–Crippen LogP) is 2.94. The first-order chi connectivity index (χ1) is 19.9. The molecule has 1 aromatic carbocycles. The Morgan fingerprint density at radius 3 is 2.45 bits per heavy atom. The summed E-state index contributed by atoms with van der Waals surface area (Å²) in [4.78, 5) is 58.8. The van der Waals surface area contributed by atoms with Gasteiger partial charge in [0, 0.05) is 37.1 Å². The fourth-order valence-corrected chi connectivity index (χ4v) is 5.97. The number of carbonyl (C=O) groups is 4. The lowest BCUT2D eigenvalue weighted by atomic mass is 9.71. The number of fused-ring (bicyclic) bond motifs is 1. The van der Waals surface area contributed by atoms with Crippen LogP contribution in [0.5, 0.6) is 0 Å². The zero-order valence-electron chi connectivity index (χ0n) is 24.2. The Bertz CT molecular complexity index is 1480. The summed E-state index contributed by atoms with van der Waals surface area (Å²) in [6.45, 7) is 8.94. The molecule has 2 fully saturated rings. The number of carboxylic acids is 2. The number of carbonyl (C=O) groups excluding carboxylic acids is 2. The van der Waals surface area contributed by atoms with Crippen LogP contribution in [0, 0.1) is 16.7 Å². The maximum Gasteiger partial charge on any atom is 0.407 e. The van der Waals surface area contributed by atoms with Gasteiger partial charge in [-0.05, 0) is 51.3 Å². The van der Waals surface area contributed by atoms with E-state index in [4.69, 9.17) is 0 Å². The zero-order chi connectivity index (χ0) is 30.8. The topological polar surface area (TPSA) is 178 Å². The van der Waals surface area contributed by atoms with Crippen molar-refractivity contribution in [1.82, 2.24) is 19.8 Å². The average molecular weight is 581 g/mol. The molecule has 3 N–H and O–H groups in total. The van der Waals surface area contributed by atoms with Gasteiger partial charge in [0.2, 0.25) is 5.78 Å². The number of ether oxygens (including phenoxy) is 1. The number of hydrogen-bond donors (Lipinski definition) is 3. The second-order valence-corrected chi connectivity index (χ2v) is 11.1. The zero-order valence-corrected chi connectivity index (χ0v) is 24.2. The maximum atomic E-state index is 14.1. The van der Waals surface area contributed by atoms with Gasteiger partial charge in [0.1, 0.15) is 11.8 Å². The molecule has 4 rings (SSSR count). The Morgan fingerprint density at radius 1 is 1.21 bits per heavy atom. The SMILES string of the molecule is CCN1CCN(c2cc3c(cc2C#N)nc(C(=O)C2(C)CCC(NC(=O)OC)CC2)n3/C(=C\C(=O)O)C(=O)O)[C@@H](C)C1. The van der Waals surface area contributed by atoms with Crippen molar-refractivity contribution in [2.45, 2.75) is 58.5 Å². The smallest absolute Gasteiger partial charge is 0.407 e. The van der Waals surface area contributed by atoms with Gasteiger partial charge in [-0.3, -0.25) is 14.3 Å². The van der Waals surface area contributed by atoms with Gasteiger partial charge in [-0.15, -0.1) is 0 Å². The number of carboxylic acid groups (broad SMARTS) is 2. The molecule has 0 unspecified atom stereocenters. The number of Topliss-reactive ketones (excluding diaryl/α,β-unsaturated/α-hetero) is 1. The van der Waals surface area contributed by atoms with E-state index in [9.17, 15) is 34.7 Å². The van der Waals surface area contributed by atoms with E-state index >= 15 is 0 Å². The van der Waals surface area contributed by atoms with Crippen molar-refractivity contribution in [3.8, 4) is 6.07 Å². The fourth-order valence-electron chi connectivity index (χ4n) is 5.97. The Labute approximate surface area is 243 Å². The number of imidazole rings is 1. The maximum absolute atomic E-state index is 14.1.